The maximum atomic E-state index is 11.9. The van der Waals surface area contributed by atoms with Crippen molar-refractivity contribution in [1.29, 1.82) is 0 Å². The van der Waals surface area contributed by atoms with Gasteiger partial charge in [0, 0.05) is 30.3 Å². The highest BCUT2D eigenvalue weighted by atomic mass is 32.1. The van der Waals surface area contributed by atoms with Gasteiger partial charge in [0.2, 0.25) is 17.7 Å². The summed E-state index contributed by atoms with van der Waals surface area (Å²) < 4.78 is 5.57. The summed E-state index contributed by atoms with van der Waals surface area (Å²) >= 11 is 1.58. The zero-order valence-electron chi connectivity index (χ0n) is 13.5. The standard InChI is InChI=1S/C18H19N3O2S/c1-13-3-2-4-14(11-13)7-9-19-16(22)5-6-17-20-21-18(23-17)15-8-10-24-12-15/h2-4,8,10-12H,5-7,9H2,1H3,(H,19,22). The van der Waals surface area contributed by atoms with Crippen LogP contribution in [0.1, 0.15) is 23.4 Å². The predicted molar refractivity (Wildman–Crippen MR) is 93.8 cm³/mol. The number of nitrogens with one attached hydrogen (secondary N) is 1. The minimum Gasteiger partial charge on any atom is -0.421 e. The summed E-state index contributed by atoms with van der Waals surface area (Å²) in [6.45, 7) is 2.70. The fraction of sp³-hybridized carbons (Fsp3) is 0.278. The molecular formula is C18H19N3O2S. The number of nitrogens with zero attached hydrogens (tertiary/aromatic N) is 2. The lowest BCUT2D eigenvalue weighted by Crippen LogP contribution is -2.25. The second-order valence-electron chi connectivity index (χ2n) is 5.60. The second-order valence-corrected chi connectivity index (χ2v) is 6.38. The van der Waals surface area contributed by atoms with Crippen molar-refractivity contribution in [2.24, 2.45) is 0 Å². The summed E-state index contributed by atoms with van der Waals surface area (Å²) in [5, 5.41) is 14.8. The maximum Gasteiger partial charge on any atom is 0.248 e. The van der Waals surface area contributed by atoms with E-state index in [0.717, 1.165) is 12.0 Å². The van der Waals surface area contributed by atoms with E-state index in [1.165, 1.54) is 11.1 Å². The third-order valence-corrected chi connectivity index (χ3v) is 4.30. The highest BCUT2D eigenvalue weighted by molar-refractivity contribution is 7.08. The van der Waals surface area contributed by atoms with E-state index in [2.05, 4.69) is 40.6 Å². The van der Waals surface area contributed by atoms with Gasteiger partial charge in [-0.15, -0.1) is 10.2 Å². The van der Waals surface area contributed by atoms with Crippen LogP contribution < -0.4 is 5.32 Å². The molecule has 0 aliphatic heterocycles. The zero-order valence-corrected chi connectivity index (χ0v) is 14.3. The molecule has 0 spiro atoms. The molecule has 0 saturated heterocycles. The Labute approximate surface area is 144 Å². The summed E-state index contributed by atoms with van der Waals surface area (Å²) in [7, 11) is 0. The van der Waals surface area contributed by atoms with Gasteiger partial charge in [0.05, 0.1) is 0 Å². The van der Waals surface area contributed by atoms with Crippen LogP contribution in [0.5, 0.6) is 0 Å². The quantitative estimate of drug-likeness (QED) is 0.715. The highest BCUT2D eigenvalue weighted by Crippen LogP contribution is 2.20. The molecule has 2 heterocycles. The lowest BCUT2D eigenvalue weighted by atomic mass is 10.1. The molecule has 0 bridgehead atoms. The number of carbonyl (C=O) groups is 1. The van der Waals surface area contributed by atoms with Crippen LogP contribution in [-0.4, -0.2) is 22.6 Å². The number of amides is 1. The molecule has 124 valence electrons. The van der Waals surface area contributed by atoms with Crippen molar-refractivity contribution in [1.82, 2.24) is 15.5 Å². The third kappa shape index (κ3) is 4.52. The van der Waals surface area contributed by atoms with E-state index in [1.807, 2.05) is 22.9 Å². The van der Waals surface area contributed by atoms with E-state index < -0.39 is 0 Å². The first-order chi connectivity index (χ1) is 11.7. The fourth-order valence-electron chi connectivity index (χ4n) is 2.38. The molecule has 0 radical (unpaired) electrons. The normalized spacial score (nSPS) is 10.7. The number of hydrogen-bond acceptors (Lipinski definition) is 5. The van der Waals surface area contributed by atoms with Gasteiger partial charge in [-0.1, -0.05) is 29.8 Å². The SMILES string of the molecule is Cc1cccc(CCNC(=O)CCc2nnc(-c3ccsc3)o2)c1. The molecule has 2 aromatic heterocycles. The minimum atomic E-state index is -0.00191. The Kier molecular flexibility index (Phi) is 5.38. The summed E-state index contributed by atoms with van der Waals surface area (Å²) in [5.41, 5.74) is 3.38. The number of aryl methyl sites for hydroxylation is 2. The first-order valence-electron chi connectivity index (χ1n) is 7.88. The molecule has 1 aromatic carbocycles. The van der Waals surface area contributed by atoms with Crippen molar-refractivity contribution >= 4 is 17.2 Å². The summed E-state index contributed by atoms with van der Waals surface area (Å²) in [4.78, 5) is 11.9. The van der Waals surface area contributed by atoms with E-state index >= 15 is 0 Å². The first kappa shape index (κ1) is 16.4. The van der Waals surface area contributed by atoms with Crippen LogP contribution in [0.3, 0.4) is 0 Å². The molecule has 24 heavy (non-hydrogen) atoms. The smallest absolute Gasteiger partial charge is 0.248 e. The molecule has 0 atom stereocenters. The fourth-order valence-corrected chi connectivity index (χ4v) is 3.01. The van der Waals surface area contributed by atoms with Gasteiger partial charge in [-0.25, -0.2) is 0 Å². The summed E-state index contributed by atoms with van der Waals surface area (Å²) in [6.07, 6.45) is 1.63. The van der Waals surface area contributed by atoms with Gasteiger partial charge in [0.1, 0.15) is 0 Å². The van der Waals surface area contributed by atoms with Crippen molar-refractivity contribution in [2.45, 2.75) is 26.2 Å². The lowest BCUT2D eigenvalue weighted by molar-refractivity contribution is -0.121. The topological polar surface area (TPSA) is 68.0 Å². The van der Waals surface area contributed by atoms with Gasteiger partial charge >= 0.3 is 0 Å². The molecule has 3 aromatic rings. The Bertz CT molecular complexity index is 796. The van der Waals surface area contributed by atoms with Crippen LogP contribution in [0.2, 0.25) is 0 Å². The van der Waals surface area contributed by atoms with E-state index in [1.54, 1.807) is 11.3 Å². The first-order valence-corrected chi connectivity index (χ1v) is 8.82. The molecule has 0 unspecified atom stereocenters. The van der Waals surface area contributed by atoms with Gasteiger partial charge in [-0.3, -0.25) is 4.79 Å². The Morgan fingerprint density at radius 1 is 1.25 bits per heavy atom. The number of carbonyl (C=O) groups excluding carboxylic acids is 1. The van der Waals surface area contributed by atoms with Crippen LogP contribution in [0.15, 0.2) is 45.5 Å². The molecule has 6 heteroatoms. The average Bonchev–Trinajstić information content (AvgIpc) is 3.24. The van der Waals surface area contributed by atoms with E-state index in [9.17, 15) is 4.79 Å². The Hall–Kier alpha value is -2.47. The van der Waals surface area contributed by atoms with Crippen molar-refractivity contribution < 1.29 is 9.21 Å². The zero-order chi connectivity index (χ0) is 16.8. The van der Waals surface area contributed by atoms with Crippen molar-refractivity contribution in [3.8, 4) is 11.5 Å². The largest absolute Gasteiger partial charge is 0.421 e. The van der Waals surface area contributed by atoms with Gasteiger partial charge in [-0.05, 0) is 30.4 Å². The Balaban J connectivity index is 1.41. The third-order valence-electron chi connectivity index (χ3n) is 3.62. The molecular weight excluding hydrogens is 322 g/mol. The van der Waals surface area contributed by atoms with E-state index in [0.29, 0.717) is 31.2 Å². The minimum absolute atomic E-state index is 0.00191. The molecule has 3 rings (SSSR count). The van der Waals surface area contributed by atoms with Crippen molar-refractivity contribution in [2.75, 3.05) is 6.54 Å². The predicted octanol–water partition coefficient (Wildman–Crippen LogP) is 3.40. The van der Waals surface area contributed by atoms with Gasteiger partial charge < -0.3 is 9.73 Å². The number of hydrogen-bond donors (Lipinski definition) is 1. The Morgan fingerprint density at radius 3 is 2.96 bits per heavy atom. The van der Waals surface area contributed by atoms with Crippen LogP contribution >= 0.6 is 11.3 Å². The van der Waals surface area contributed by atoms with E-state index in [-0.39, 0.29) is 5.91 Å². The number of thiophene rings is 1. The van der Waals surface area contributed by atoms with Crippen LogP contribution in [0.25, 0.3) is 11.5 Å². The lowest BCUT2D eigenvalue weighted by Gasteiger charge is -2.05. The van der Waals surface area contributed by atoms with Gasteiger partial charge in [0.15, 0.2) is 0 Å². The molecule has 1 N–H and O–H groups in total. The number of aromatic nitrogens is 2. The molecule has 5 nitrogen and oxygen atoms in total. The number of rotatable bonds is 7. The van der Waals surface area contributed by atoms with Gasteiger partial charge in [0.25, 0.3) is 0 Å². The summed E-state index contributed by atoms with van der Waals surface area (Å²) in [6, 6.07) is 10.2. The molecule has 0 fully saturated rings. The van der Waals surface area contributed by atoms with Crippen molar-refractivity contribution in [3.05, 3.63) is 58.1 Å². The van der Waals surface area contributed by atoms with E-state index in [4.69, 9.17) is 4.42 Å². The van der Waals surface area contributed by atoms with Crippen LogP contribution in [-0.2, 0) is 17.6 Å². The van der Waals surface area contributed by atoms with Crippen LogP contribution in [0, 0.1) is 6.92 Å². The molecule has 1 amide bonds. The Morgan fingerprint density at radius 2 is 2.17 bits per heavy atom. The van der Waals surface area contributed by atoms with Crippen LogP contribution in [0.4, 0.5) is 0 Å². The molecule has 0 aliphatic rings. The van der Waals surface area contributed by atoms with Crippen molar-refractivity contribution in [3.63, 3.8) is 0 Å². The summed E-state index contributed by atoms with van der Waals surface area (Å²) in [5.74, 6) is 0.995. The molecule has 0 saturated carbocycles. The van der Waals surface area contributed by atoms with Gasteiger partial charge in [-0.2, -0.15) is 11.3 Å². The second kappa shape index (κ2) is 7.88. The monoisotopic (exact) mass is 341 g/mol. The highest BCUT2D eigenvalue weighted by Gasteiger charge is 2.10. The average molecular weight is 341 g/mol. The number of benzene rings is 1. The maximum absolute atomic E-state index is 11.9. The molecule has 0 aliphatic carbocycles.